The molecule has 0 aliphatic heterocycles. The zero-order chi connectivity index (χ0) is 8.39. The van der Waals surface area contributed by atoms with Crippen LogP contribution in [0.25, 0.3) is 5.95 Å². The average molecular weight is 266 g/mol. The molecule has 2 aromatic rings. The molecule has 0 amide bonds. The van der Waals surface area contributed by atoms with Gasteiger partial charge < -0.3 is 0 Å². The molecule has 2 aromatic heterocycles. The number of aromatic nitrogens is 3. The molecule has 0 unspecified atom stereocenters. The molecule has 0 atom stereocenters. The third kappa shape index (κ3) is 1.50. The van der Waals surface area contributed by atoms with Crippen molar-refractivity contribution in [2.75, 3.05) is 0 Å². The quantitative estimate of drug-likeness (QED) is 0.636. The van der Waals surface area contributed by atoms with Gasteiger partial charge in [-0.05, 0) is 0 Å². The summed E-state index contributed by atoms with van der Waals surface area (Å²) >= 11 is 0.513. The first-order chi connectivity index (χ1) is 5.86. The molecule has 0 N–H and O–H groups in total. The van der Waals surface area contributed by atoms with Crippen LogP contribution in [0.15, 0.2) is 36.9 Å². The molecular weight excluding hydrogens is 257 g/mol. The number of nitrogens with zero attached hydrogens (tertiary/aromatic N) is 3. The van der Waals surface area contributed by atoms with Gasteiger partial charge in [-0.15, -0.1) is 0 Å². The van der Waals surface area contributed by atoms with E-state index in [1.54, 1.807) is 0 Å². The zero-order valence-corrected chi connectivity index (χ0v) is 12.5. The minimum absolute atomic E-state index is 0.513. The van der Waals surface area contributed by atoms with Crippen LogP contribution in [-0.2, 0) is 0 Å². The molecule has 4 heteroatoms. The van der Waals surface area contributed by atoms with Gasteiger partial charge in [0.25, 0.3) is 0 Å². The van der Waals surface area contributed by atoms with Crippen LogP contribution in [0, 0.1) is 0 Å². The first-order valence-corrected chi connectivity index (χ1v) is 6.64. The van der Waals surface area contributed by atoms with Crippen molar-refractivity contribution in [3.05, 3.63) is 36.9 Å². The van der Waals surface area contributed by atoms with Gasteiger partial charge in [-0.25, -0.2) is 0 Å². The van der Waals surface area contributed by atoms with Crippen molar-refractivity contribution in [3.8, 4) is 5.95 Å². The van der Waals surface area contributed by atoms with E-state index in [-0.39, 0.29) is 0 Å². The number of rotatable bonds is 1. The summed E-state index contributed by atoms with van der Waals surface area (Å²) in [6.45, 7) is 0. The minimum atomic E-state index is 0.513. The Bertz CT molecular complexity index is 352. The Kier molecular flexibility index (Phi) is 2.12. The predicted molar refractivity (Wildman–Crippen MR) is 50.9 cm³/mol. The van der Waals surface area contributed by atoms with E-state index in [0.29, 0.717) is 22.5 Å². The van der Waals surface area contributed by atoms with E-state index in [9.17, 15) is 0 Å². The third-order valence-corrected chi connectivity index (χ3v) is 3.08. The molecule has 0 radical (unpaired) electrons. The Morgan fingerprint density at radius 1 is 1.08 bits per heavy atom. The fourth-order valence-corrected chi connectivity index (χ4v) is 1.72. The third-order valence-electron chi connectivity index (χ3n) is 1.60. The van der Waals surface area contributed by atoms with Crippen molar-refractivity contribution in [1.82, 2.24) is 14.5 Å². The van der Waals surface area contributed by atoms with Crippen molar-refractivity contribution in [1.29, 1.82) is 0 Å². The Hall–Kier alpha value is -0.841. The van der Waals surface area contributed by atoms with Gasteiger partial charge in [0, 0.05) is 0 Å². The monoisotopic (exact) mass is 267 g/mol. The average Bonchev–Trinajstić information content (AvgIpc) is 2.58. The van der Waals surface area contributed by atoms with Crippen LogP contribution in [0.1, 0.15) is 0 Å². The van der Waals surface area contributed by atoms with Crippen LogP contribution in [0.2, 0.25) is 0 Å². The van der Waals surface area contributed by atoms with Gasteiger partial charge in [-0.3, -0.25) is 0 Å². The molecule has 60 valence electrons. The number of hydrogen-bond donors (Lipinski definition) is 0. The molecule has 2 heterocycles. The number of hydrogen-bond acceptors (Lipinski definition) is 2. The van der Waals surface area contributed by atoms with Gasteiger partial charge in [0.1, 0.15) is 0 Å². The second kappa shape index (κ2) is 3.26. The van der Waals surface area contributed by atoms with Crippen molar-refractivity contribution in [2.45, 2.75) is 0 Å². The summed E-state index contributed by atoms with van der Waals surface area (Å²) in [6.07, 6.45) is 7.68. The van der Waals surface area contributed by atoms with E-state index in [1.165, 1.54) is 3.58 Å². The standard InChI is InChI=1S/C8H6N3.Sn.3H/c1-2-7-11(6-1)8-9-4-3-5-10-8;;;;/h1-2,4-7H;;;;. The Morgan fingerprint density at radius 2 is 1.67 bits per heavy atom. The fraction of sp³-hybridized carbons (Fsp3) is 0. The Balaban J connectivity index is 2.43. The molecule has 0 spiro atoms. The molecule has 0 saturated carbocycles. The van der Waals surface area contributed by atoms with Crippen molar-refractivity contribution in [2.24, 2.45) is 0 Å². The van der Waals surface area contributed by atoms with Gasteiger partial charge in [-0.2, -0.15) is 0 Å². The van der Waals surface area contributed by atoms with E-state index >= 15 is 0 Å². The molecule has 0 fully saturated rings. The second-order valence-electron chi connectivity index (χ2n) is 2.65. The fourth-order valence-electron chi connectivity index (χ4n) is 0.987. The van der Waals surface area contributed by atoms with Crippen LogP contribution in [0.3, 0.4) is 0 Å². The molecular formula is C8H9N3Sn. The van der Waals surface area contributed by atoms with E-state index < -0.39 is 0 Å². The summed E-state index contributed by atoms with van der Waals surface area (Å²) in [5.41, 5.74) is 0. The van der Waals surface area contributed by atoms with E-state index in [1.807, 2.05) is 41.5 Å². The molecule has 0 aliphatic rings. The van der Waals surface area contributed by atoms with Crippen LogP contribution in [0.5, 0.6) is 0 Å². The molecule has 0 aromatic carbocycles. The summed E-state index contributed by atoms with van der Waals surface area (Å²) in [6, 6.07) is 3.92. The predicted octanol–water partition coefficient (Wildman–Crippen LogP) is -0.742. The summed E-state index contributed by atoms with van der Waals surface area (Å²) < 4.78 is 3.18. The topological polar surface area (TPSA) is 30.7 Å². The van der Waals surface area contributed by atoms with Crippen LogP contribution >= 0.6 is 0 Å². The van der Waals surface area contributed by atoms with Crippen LogP contribution in [0.4, 0.5) is 0 Å². The van der Waals surface area contributed by atoms with Gasteiger partial charge in [0.15, 0.2) is 0 Å². The zero-order valence-electron chi connectivity index (χ0n) is 6.81. The molecule has 2 rings (SSSR count). The van der Waals surface area contributed by atoms with Crippen molar-refractivity contribution >= 4 is 26.1 Å². The molecule has 0 saturated heterocycles. The Morgan fingerprint density at radius 3 is 2.25 bits per heavy atom. The van der Waals surface area contributed by atoms with E-state index in [0.717, 1.165) is 5.95 Å². The molecule has 0 aliphatic carbocycles. The molecule has 3 nitrogen and oxygen atoms in total. The second-order valence-corrected chi connectivity index (χ2v) is 5.95. The normalized spacial score (nSPS) is 10.3. The molecule has 12 heavy (non-hydrogen) atoms. The summed E-state index contributed by atoms with van der Waals surface area (Å²) in [5.74, 6) is 0.747. The van der Waals surface area contributed by atoms with Gasteiger partial charge in [-0.1, -0.05) is 0 Å². The maximum absolute atomic E-state index is 4.23. The van der Waals surface area contributed by atoms with E-state index in [4.69, 9.17) is 0 Å². The Labute approximate surface area is 83.6 Å². The van der Waals surface area contributed by atoms with Crippen molar-refractivity contribution < 1.29 is 0 Å². The van der Waals surface area contributed by atoms with E-state index in [2.05, 4.69) is 9.97 Å². The molecule has 0 bridgehead atoms. The SMILES string of the molecule is [SnH3][c]1cnc(-n2cccc2)nc1. The van der Waals surface area contributed by atoms with Gasteiger partial charge in [0.05, 0.1) is 0 Å². The van der Waals surface area contributed by atoms with Crippen LogP contribution < -0.4 is 3.58 Å². The summed E-state index contributed by atoms with van der Waals surface area (Å²) in [4.78, 5) is 8.45. The first-order valence-electron chi connectivity index (χ1n) is 3.78. The summed E-state index contributed by atoms with van der Waals surface area (Å²) in [5, 5.41) is 0. The summed E-state index contributed by atoms with van der Waals surface area (Å²) in [7, 11) is 0. The van der Waals surface area contributed by atoms with Gasteiger partial charge in [0.2, 0.25) is 0 Å². The maximum atomic E-state index is 4.23. The first kappa shape index (κ1) is 7.79. The van der Waals surface area contributed by atoms with Gasteiger partial charge >= 0.3 is 83.5 Å². The van der Waals surface area contributed by atoms with Crippen molar-refractivity contribution in [3.63, 3.8) is 0 Å². The van der Waals surface area contributed by atoms with Crippen LogP contribution in [-0.4, -0.2) is 37.1 Å².